The van der Waals surface area contributed by atoms with E-state index in [2.05, 4.69) is 5.10 Å². The first kappa shape index (κ1) is 25.4. The maximum absolute atomic E-state index is 11.3. The minimum absolute atomic E-state index is 0. The van der Waals surface area contributed by atoms with Gasteiger partial charge in [0.05, 0.1) is 16.8 Å². The molecule has 2 aliphatic heterocycles. The molecule has 0 aliphatic carbocycles. The number of rotatable bonds is 3. The Balaban J connectivity index is 0.000000364. The number of hydrazone groups is 1. The molecule has 2 aromatic carbocycles. The Labute approximate surface area is 196 Å². The summed E-state index contributed by atoms with van der Waals surface area (Å²) < 4.78 is 0. The molecule has 0 bridgehead atoms. The van der Waals surface area contributed by atoms with Gasteiger partial charge in [0.2, 0.25) is 0 Å². The van der Waals surface area contributed by atoms with Crippen LogP contribution in [0.1, 0.15) is 37.3 Å². The van der Waals surface area contributed by atoms with Gasteiger partial charge in [-0.15, -0.1) is 0 Å². The van der Waals surface area contributed by atoms with Crippen LogP contribution in [0.15, 0.2) is 47.6 Å². The number of carboxylic acids is 1. The number of benzene rings is 2. The van der Waals surface area contributed by atoms with Crippen LogP contribution in [0.25, 0.3) is 0 Å². The van der Waals surface area contributed by atoms with Crippen molar-refractivity contribution in [2.24, 2.45) is 10.9 Å². The number of hydrazine groups is 1. The lowest BCUT2D eigenvalue weighted by Gasteiger charge is -2.25. The Morgan fingerprint density at radius 1 is 1.00 bits per heavy atom. The van der Waals surface area contributed by atoms with E-state index in [9.17, 15) is 9.90 Å². The summed E-state index contributed by atoms with van der Waals surface area (Å²) in [5, 5.41) is 18.5. The third kappa shape index (κ3) is 6.80. The summed E-state index contributed by atoms with van der Waals surface area (Å²) in [6.07, 6.45) is 4.22. The van der Waals surface area contributed by atoms with Gasteiger partial charge in [-0.2, -0.15) is 5.10 Å². The lowest BCUT2D eigenvalue weighted by molar-refractivity contribution is -0.129. The number of aliphatic carboxylic acids is 1. The fourth-order valence-corrected chi connectivity index (χ4v) is 4.01. The van der Waals surface area contributed by atoms with Gasteiger partial charge >= 0.3 is 5.97 Å². The maximum atomic E-state index is 11.3. The third-order valence-corrected chi connectivity index (χ3v) is 5.75. The number of nitrogens with zero attached hydrogens (tertiary/aromatic N) is 3. The largest absolute Gasteiger partial charge is 0.477 e. The minimum atomic E-state index is -1.04. The number of halogens is 3. The molecule has 2 heterocycles. The van der Waals surface area contributed by atoms with Gasteiger partial charge in [-0.3, -0.25) is 10.9 Å². The first-order valence-corrected chi connectivity index (χ1v) is 10.8. The number of carboxylic acid groups (broad SMARTS) is 1. The summed E-state index contributed by atoms with van der Waals surface area (Å²) >= 11 is 18.1. The number of carbonyl (C=O) groups is 1. The van der Waals surface area contributed by atoms with Crippen molar-refractivity contribution in [3.8, 4) is 0 Å². The van der Waals surface area contributed by atoms with Crippen molar-refractivity contribution < 1.29 is 15.4 Å². The smallest absolute Gasteiger partial charge is 0.352 e. The first-order chi connectivity index (χ1) is 14.3. The van der Waals surface area contributed by atoms with Crippen molar-refractivity contribution in [1.29, 1.82) is 0 Å². The van der Waals surface area contributed by atoms with Crippen LogP contribution >= 0.6 is 34.8 Å². The van der Waals surface area contributed by atoms with Crippen LogP contribution in [0.5, 0.6) is 0 Å². The second-order valence-electron chi connectivity index (χ2n) is 7.16. The molecule has 10 heteroatoms. The Kier molecular flexibility index (Phi) is 9.55. The molecule has 1 unspecified atom stereocenters. The molecule has 1 saturated heterocycles. The fraction of sp³-hybridized carbons (Fsp3) is 0.333. The first-order valence-electron chi connectivity index (χ1n) is 9.65. The van der Waals surface area contributed by atoms with Crippen LogP contribution in [0.2, 0.25) is 15.1 Å². The number of anilines is 1. The molecule has 31 heavy (non-hydrogen) atoms. The molecular weight excluding hydrogens is 463 g/mol. The molecule has 0 spiro atoms. The molecule has 1 fully saturated rings. The number of hydrogen-bond acceptors (Lipinski definition) is 5. The van der Waals surface area contributed by atoms with Gasteiger partial charge in [0.25, 0.3) is 0 Å². The van der Waals surface area contributed by atoms with E-state index in [0.717, 1.165) is 18.7 Å². The van der Waals surface area contributed by atoms with Crippen molar-refractivity contribution in [3.05, 3.63) is 63.1 Å². The fourth-order valence-electron chi connectivity index (χ4n) is 3.39. The van der Waals surface area contributed by atoms with Crippen molar-refractivity contribution >= 4 is 52.2 Å². The number of piperidine rings is 1. The molecule has 4 rings (SSSR count). The van der Waals surface area contributed by atoms with Crippen LogP contribution in [0.4, 0.5) is 5.69 Å². The van der Waals surface area contributed by atoms with Crippen molar-refractivity contribution in [2.75, 3.05) is 18.1 Å². The lowest BCUT2D eigenvalue weighted by atomic mass is 10.0. The zero-order valence-corrected chi connectivity index (χ0v) is 19.0. The van der Waals surface area contributed by atoms with Crippen LogP contribution in [-0.4, -0.2) is 40.4 Å². The minimum Gasteiger partial charge on any atom is -0.477 e. The van der Waals surface area contributed by atoms with Crippen LogP contribution in [0, 0.1) is 0 Å². The highest BCUT2D eigenvalue weighted by Crippen LogP contribution is 2.39. The SMILES string of the molecule is NN1CCCCC1.O.O=C(O)C1=NN(c2ccc(Cl)cc2Cl)C(c2ccc(Cl)cc2)C1. The Morgan fingerprint density at radius 2 is 1.61 bits per heavy atom. The van der Waals surface area contributed by atoms with E-state index in [1.807, 2.05) is 17.1 Å². The van der Waals surface area contributed by atoms with E-state index in [0.29, 0.717) is 20.8 Å². The average molecular weight is 488 g/mol. The van der Waals surface area contributed by atoms with Gasteiger partial charge < -0.3 is 10.6 Å². The molecule has 0 saturated carbocycles. The summed E-state index contributed by atoms with van der Waals surface area (Å²) in [4.78, 5) is 11.3. The van der Waals surface area contributed by atoms with Gasteiger partial charge in [0.1, 0.15) is 5.71 Å². The summed E-state index contributed by atoms with van der Waals surface area (Å²) in [5.41, 5.74) is 1.59. The second-order valence-corrected chi connectivity index (χ2v) is 8.44. The standard InChI is InChI=1S/C16H11Cl3N2O2.C5H12N2.H2O/c17-10-3-1-9(2-4-10)15-8-13(16(22)23)20-21(15)14-6-5-11(18)7-12(14)19;6-7-4-2-1-3-5-7;/h1-7,15H,8H2,(H,22,23);1-6H2;1H2. The highest BCUT2D eigenvalue weighted by atomic mass is 35.5. The number of hydrogen-bond donors (Lipinski definition) is 2. The highest BCUT2D eigenvalue weighted by Gasteiger charge is 2.33. The number of nitrogens with two attached hydrogens (primary N) is 1. The summed E-state index contributed by atoms with van der Waals surface area (Å²) in [6.45, 7) is 2.19. The predicted octanol–water partition coefficient (Wildman–Crippen LogP) is 4.56. The molecule has 0 amide bonds. The summed E-state index contributed by atoms with van der Waals surface area (Å²) in [7, 11) is 0. The quantitative estimate of drug-likeness (QED) is 0.616. The molecule has 0 aromatic heterocycles. The van der Waals surface area contributed by atoms with Crippen LogP contribution in [-0.2, 0) is 4.79 Å². The second kappa shape index (κ2) is 11.7. The van der Waals surface area contributed by atoms with Gasteiger partial charge in [-0.25, -0.2) is 9.80 Å². The van der Waals surface area contributed by atoms with E-state index < -0.39 is 5.97 Å². The molecular formula is C21H25Cl3N4O3. The third-order valence-electron chi connectivity index (χ3n) is 4.96. The van der Waals surface area contributed by atoms with E-state index in [4.69, 9.17) is 40.6 Å². The van der Waals surface area contributed by atoms with Gasteiger partial charge in [0, 0.05) is 29.6 Å². The molecule has 2 aliphatic rings. The lowest BCUT2D eigenvalue weighted by Crippen LogP contribution is -2.35. The van der Waals surface area contributed by atoms with E-state index in [1.54, 1.807) is 35.3 Å². The average Bonchev–Trinajstić information content (AvgIpc) is 3.15. The maximum Gasteiger partial charge on any atom is 0.352 e. The van der Waals surface area contributed by atoms with Gasteiger partial charge in [0.15, 0.2) is 0 Å². The molecule has 5 N–H and O–H groups in total. The predicted molar refractivity (Wildman–Crippen MR) is 126 cm³/mol. The Bertz CT molecular complexity index is 919. The van der Waals surface area contributed by atoms with E-state index >= 15 is 0 Å². The monoisotopic (exact) mass is 486 g/mol. The van der Waals surface area contributed by atoms with Gasteiger partial charge in [-0.1, -0.05) is 53.4 Å². The zero-order chi connectivity index (χ0) is 21.7. The topological polar surface area (TPSA) is 114 Å². The van der Waals surface area contributed by atoms with Crippen LogP contribution in [0.3, 0.4) is 0 Å². The zero-order valence-electron chi connectivity index (χ0n) is 16.8. The molecule has 1 atom stereocenters. The van der Waals surface area contributed by atoms with Crippen LogP contribution < -0.4 is 10.9 Å². The van der Waals surface area contributed by atoms with Gasteiger partial charge in [-0.05, 0) is 48.7 Å². The summed E-state index contributed by atoms with van der Waals surface area (Å²) in [5.74, 6) is 4.42. The molecule has 2 aromatic rings. The Hall–Kier alpha value is -1.87. The molecule has 0 radical (unpaired) electrons. The highest BCUT2D eigenvalue weighted by molar-refractivity contribution is 6.38. The van der Waals surface area contributed by atoms with Crippen molar-refractivity contribution in [2.45, 2.75) is 31.7 Å². The van der Waals surface area contributed by atoms with Crippen molar-refractivity contribution in [1.82, 2.24) is 5.01 Å². The molecule has 7 nitrogen and oxygen atoms in total. The summed E-state index contributed by atoms with van der Waals surface area (Å²) in [6, 6.07) is 12.0. The van der Waals surface area contributed by atoms with E-state index in [1.165, 1.54) is 19.3 Å². The Morgan fingerprint density at radius 3 is 2.13 bits per heavy atom. The molecule has 168 valence electrons. The normalized spacial score (nSPS) is 18.5. The van der Waals surface area contributed by atoms with E-state index in [-0.39, 0.29) is 23.7 Å². The van der Waals surface area contributed by atoms with Crippen molar-refractivity contribution in [3.63, 3.8) is 0 Å².